The summed E-state index contributed by atoms with van der Waals surface area (Å²) in [4.78, 5) is 33.8. The van der Waals surface area contributed by atoms with E-state index in [0.29, 0.717) is 24.1 Å². The summed E-state index contributed by atoms with van der Waals surface area (Å²) in [7, 11) is 0. The monoisotopic (exact) mass is 261 g/mol. The predicted molar refractivity (Wildman–Crippen MR) is 69.1 cm³/mol. The predicted octanol–water partition coefficient (Wildman–Crippen LogP) is 1.86. The average Bonchev–Trinajstić information content (AvgIpc) is 2.31. The second-order valence-electron chi connectivity index (χ2n) is 4.75. The van der Waals surface area contributed by atoms with Crippen molar-refractivity contribution in [2.75, 3.05) is 5.32 Å². The summed E-state index contributed by atoms with van der Waals surface area (Å²) in [5, 5.41) is 11.4. The molecule has 0 unspecified atom stereocenters. The van der Waals surface area contributed by atoms with Crippen LogP contribution in [-0.4, -0.2) is 22.8 Å². The molecule has 1 atom stereocenters. The molecule has 1 aliphatic carbocycles. The number of amides is 1. The molecule has 0 saturated heterocycles. The average molecular weight is 261 g/mol. The topological polar surface area (TPSA) is 83.5 Å². The molecule has 0 bridgehead atoms. The third-order valence-corrected chi connectivity index (χ3v) is 3.25. The molecule has 1 aliphatic rings. The van der Waals surface area contributed by atoms with E-state index in [0.717, 1.165) is 5.56 Å². The number of Topliss-reactive ketones (excluding diaryl/α,β-unsaturated/α-hetero) is 1. The fourth-order valence-corrected chi connectivity index (χ4v) is 2.41. The van der Waals surface area contributed by atoms with E-state index in [4.69, 9.17) is 5.11 Å². The highest BCUT2D eigenvalue weighted by Crippen LogP contribution is 2.29. The first kappa shape index (κ1) is 13.3. The van der Waals surface area contributed by atoms with Crippen molar-refractivity contribution >= 4 is 23.3 Å². The second kappa shape index (κ2) is 5.22. The van der Waals surface area contributed by atoms with Gasteiger partial charge in [-0.2, -0.15) is 0 Å². The lowest BCUT2D eigenvalue weighted by molar-refractivity contribution is -0.137. The summed E-state index contributed by atoms with van der Waals surface area (Å²) in [6, 6.07) is 5.11. The van der Waals surface area contributed by atoms with Crippen LogP contribution in [0.1, 0.15) is 35.7 Å². The van der Waals surface area contributed by atoms with Gasteiger partial charge in [-0.05, 0) is 36.6 Å². The minimum Gasteiger partial charge on any atom is -0.481 e. The normalized spacial score (nSPS) is 17.7. The molecule has 0 heterocycles. The van der Waals surface area contributed by atoms with Gasteiger partial charge in [0.15, 0.2) is 5.78 Å². The standard InChI is InChI=1S/C14H15NO4/c1-8(16)15-11-4-5-12-9(6-11)2-3-10(14(12)19)7-13(17)18/h4-6,10H,2-3,7H2,1H3,(H,15,16)(H,17,18)/t10-/m1/s1. The number of rotatable bonds is 3. The van der Waals surface area contributed by atoms with Crippen LogP contribution in [0.15, 0.2) is 18.2 Å². The van der Waals surface area contributed by atoms with Gasteiger partial charge in [0.25, 0.3) is 0 Å². The van der Waals surface area contributed by atoms with Crippen molar-refractivity contribution < 1.29 is 19.5 Å². The van der Waals surface area contributed by atoms with E-state index in [1.165, 1.54) is 6.92 Å². The van der Waals surface area contributed by atoms with Gasteiger partial charge in [-0.25, -0.2) is 0 Å². The molecule has 2 rings (SSSR count). The molecule has 0 aliphatic heterocycles. The van der Waals surface area contributed by atoms with Crippen LogP contribution >= 0.6 is 0 Å². The first-order chi connectivity index (χ1) is 8.97. The number of fused-ring (bicyclic) bond motifs is 1. The van der Waals surface area contributed by atoms with E-state index in [-0.39, 0.29) is 18.1 Å². The number of ketones is 1. The molecule has 2 N–H and O–H groups in total. The van der Waals surface area contributed by atoms with Crippen LogP contribution in [0.2, 0.25) is 0 Å². The van der Waals surface area contributed by atoms with Crippen molar-refractivity contribution in [3.8, 4) is 0 Å². The largest absolute Gasteiger partial charge is 0.481 e. The van der Waals surface area contributed by atoms with Crippen molar-refractivity contribution in [1.29, 1.82) is 0 Å². The number of carboxylic acid groups (broad SMARTS) is 1. The molecular weight excluding hydrogens is 246 g/mol. The lowest BCUT2D eigenvalue weighted by Crippen LogP contribution is -2.25. The highest BCUT2D eigenvalue weighted by molar-refractivity contribution is 6.02. The Kier molecular flexibility index (Phi) is 3.64. The van der Waals surface area contributed by atoms with E-state index < -0.39 is 11.9 Å². The Labute approximate surface area is 110 Å². The van der Waals surface area contributed by atoms with Crippen molar-refractivity contribution in [2.24, 2.45) is 5.92 Å². The van der Waals surface area contributed by atoms with Gasteiger partial charge in [0.2, 0.25) is 5.91 Å². The number of carboxylic acids is 1. The summed E-state index contributed by atoms with van der Waals surface area (Å²) < 4.78 is 0. The third kappa shape index (κ3) is 2.99. The fraction of sp³-hybridized carbons (Fsp3) is 0.357. The maximum atomic E-state index is 12.1. The lowest BCUT2D eigenvalue weighted by Gasteiger charge is -2.22. The van der Waals surface area contributed by atoms with Crippen molar-refractivity contribution in [3.63, 3.8) is 0 Å². The van der Waals surface area contributed by atoms with Crippen LogP contribution in [0.4, 0.5) is 5.69 Å². The molecule has 1 amide bonds. The number of carbonyl (C=O) groups excluding carboxylic acids is 2. The smallest absolute Gasteiger partial charge is 0.304 e. The Balaban J connectivity index is 2.23. The highest BCUT2D eigenvalue weighted by Gasteiger charge is 2.29. The molecule has 100 valence electrons. The summed E-state index contributed by atoms with van der Waals surface area (Å²) in [5.41, 5.74) is 2.11. The number of aliphatic carboxylic acids is 1. The first-order valence-corrected chi connectivity index (χ1v) is 6.14. The van der Waals surface area contributed by atoms with Crippen molar-refractivity contribution in [3.05, 3.63) is 29.3 Å². The molecule has 0 aromatic heterocycles. The van der Waals surface area contributed by atoms with E-state index in [9.17, 15) is 14.4 Å². The van der Waals surface area contributed by atoms with Crippen LogP contribution < -0.4 is 5.32 Å². The summed E-state index contributed by atoms with van der Waals surface area (Å²) in [6.45, 7) is 1.42. The van der Waals surface area contributed by atoms with Gasteiger partial charge in [0, 0.05) is 24.1 Å². The van der Waals surface area contributed by atoms with Crippen LogP contribution in [0, 0.1) is 5.92 Å². The highest BCUT2D eigenvalue weighted by atomic mass is 16.4. The van der Waals surface area contributed by atoms with Crippen LogP contribution in [0.5, 0.6) is 0 Å². The number of carbonyl (C=O) groups is 3. The summed E-state index contributed by atoms with van der Waals surface area (Å²) in [5.74, 6) is -1.66. The second-order valence-corrected chi connectivity index (χ2v) is 4.75. The zero-order chi connectivity index (χ0) is 14.0. The van der Waals surface area contributed by atoms with Crippen LogP contribution in [0.3, 0.4) is 0 Å². The number of anilines is 1. The Morgan fingerprint density at radius 2 is 2.16 bits per heavy atom. The van der Waals surface area contributed by atoms with Gasteiger partial charge in [-0.15, -0.1) is 0 Å². The Bertz CT molecular complexity index is 550. The number of hydrogen-bond acceptors (Lipinski definition) is 3. The SMILES string of the molecule is CC(=O)Nc1ccc2c(c1)CC[C@H](CC(=O)O)C2=O. The van der Waals surface area contributed by atoms with Crippen LogP contribution in [0.25, 0.3) is 0 Å². The number of hydrogen-bond donors (Lipinski definition) is 2. The first-order valence-electron chi connectivity index (χ1n) is 6.14. The number of nitrogens with one attached hydrogen (secondary N) is 1. The molecular formula is C14H15NO4. The van der Waals surface area contributed by atoms with Crippen molar-refractivity contribution in [1.82, 2.24) is 0 Å². The van der Waals surface area contributed by atoms with Gasteiger partial charge in [-0.1, -0.05) is 0 Å². The number of aryl methyl sites for hydroxylation is 1. The maximum Gasteiger partial charge on any atom is 0.304 e. The molecule has 5 nitrogen and oxygen atoms in total. The van der Waals surface area contributed by atoms with Gasteiger partial charge >= 0.3 is 5.97 Å². The van der Waals surface area contributed by atoms with E-state index in [2.05, 4.69) is 5.32 Å². The summed E-state index contributed by atoms with van der Waals surface area (Å²) in [6.07, 6.45) is 1.08. The minimum absolute atomic E-state index is 0.113. The summed E-state index contributed by atoms with van der Waals surface area (Å²) >= 11 is 0. The zero-order valence-electron chi connectivity index (χ0n) is 10.6. The Morgan fingerprint density at radius 3 is 2.79 bits per heavy atom. The minimum atomic E-state index is -0.948. The van der Waals surface area contributed by atoms with Crippen LogP contribution in [-0.2, 0) is 16.0 Å². The molecule has 1 aromatic rings. The van der Waals surface area contributed by atoms with E-state index in [1.54, 1.807) is 18.2 Å². The molecule has 0 spiro atoms. The lowest BCUT2D eigenvalue weighted by atomic mass is 9.81. The van der Waals surface area contributed by atoms with E-state index in [1.807, 2.05) is 0 Å². The molecule has 0 saturated carbocycles. The Hall–Kier alpha value is -2.17. The molecule has 0 fully saturated rings. The van der Waals surface area contributed by atoms with Gasteiger partial charge in [0.1, 0.15) is 0 Å². The van der Waals surface area contributed by atoms with E-state index >= 15 is 0 Å². The van der Waals surface area contributed by atoms with Gasteiger partial charge in [0.05, 0.1) is 6.42 Å². The quantitative estimate of drug-likeness (QED) is 0.870. The third-order valence-electron chi connectivity index (χ3n) is 3.25. The van der Waals surface area contributed by atoms with Crippen molar-refractivity contribution in [2.45, 2.75) is 26.2 Å². The zero-order valence-corrected chi connectivity index (χ0v) is 10.6. The maximum absolute atomic E-state index is 12.1. The molecule has 0 radical (unpaired) electrons. The fourth-order valence-electron chi connectivity index (χ4n) is 2.41. The van der Waals surface area contributed by atoms with Gasteiger partial charge < -0.3 is 10.4 Å². The molecule has 5 heteroatoms. The molecule has 1 aromatic carbocycles. The molecule has 19 heavy (non-hydrogen) atoms. The Morgan fingerprint density at radius 1 is 1.42 bits per heavy atom. The van der Waals surface area contributed by atoms with Gasteiger partial charge in [-0.3, -0.25) is 14.4 Å². The number of benzene rings is 1.